The summed E-state index contributed by atoms with van der Waals surface area (Å²) in [6.45, 7) is 3.95. The SMILES string of the molecule is CCCOc1ccc(/C(O)=C2\C(=O)C(=O)N(Cc3cccc(C(F)(F)F)c3)C2c2ccc(O)cc2)cc1C. The van der Waals surface area contributed by atoms with Gasteiger partial charge in [-0.3, -0.25) is 9.59 Å². The van der Waals surface area contributed by atoms with Gasteiger partial charge in [0.1, 0.15) is 17.3 Å². The van der Waals surface area contributed by atoms with Crippen LogP contribution in [0.15, 0.2) is 72.3 Å². The third-order valence-corrected chi connectivity index (χ3v) is 6.27. The molecule has 0 aliphatic carbocycles. The Balaban J connectivity index is 1.80. The number of hydrogen-bond acceptors (Lipinski definition) is 5. The van der Waals surface area contributed by atoms with Crippen LogP contribution in [0.2, 0.25) is 0 Å². The molecule has 9 heteroatoms. The van der Waals surface area contributed by atoms with Crippen LogP contribution in [0, 0.1) is 6.92 Å². The number of carbonyl (C=O) groups excluding carboxylic acids is 2. The number of alkyl halides is 3. The Morgan fingerprint density at radius 1 is 1.03 bits per heavy atom. The van der Waals surface area contributed by atoms with Crippen LogP contribution in [0.3, 0.4) is 0 Å². The largest absolute Gasteiger partial charge is 0.508 e. The number of hydrogen-bond donors (Lipinski definition) is 2. The summed E-state index contributed by atoms with van der Waals surface area (Å²) >= 11 is 0. The fourth-order valence-corrected chi connectivity index (χ4v) is 4.42. The van der Waals surface area contributed by atoms with Crippen molar-refractivity contribution < 1.29 is 37.7 Å². The molecule has 198 valence electrons. The van der Waals surface area contributed by atoms with Crippen LogP contribution in [0.1, 0.15) is 47.2 Å². The van der Waals surface area contributed by atoms with E-state index in [0.29, 0.717) is 23.5 Å². The number of aromatic hydroxyl groups is 1. The smallest absolute Gasteiger partial charge is 0.416 e. The van der Waals surface area contributed by atoms with Gasteiger partial charge in [-0.1, -0.05) is 31.2 Å². The number of amides is 1. The van der Waals surface area contributed by atoms with E-state index in [2.05, 4.69) is 0 Å². The van der Waals surface area contributed by atoms with Gasteiger partial charge in [-0.25, -0.2) is 0 Å². The number of phenolic OH excluding ortho intramolecular Hbond substituents is 1. The number of likely N-dealkylation sites (tertiary alicyclic amines) is 1. The summed E-state index contributed by atoms with van der Waals surface area (Å²) in [5, 5.41) is 21.0. The molecule has 1 heterocycles. The Morgan fingerprint density at radius 3 is 2.37 bits per heavy atom. The number of carbonyl (C=O) groups is 2. The van der Waals surface area contributed by atoms with Gasteiger partial charge in [-0.2, -0.15) is 13.2 Å². The van der Waals surface area contributed by atoms with Gasteiger partial charge in [0.25, 0.3) is 11.7 Å². The number of nitrogens with zero attached hydrogens (tertiary/aromatic N) is 1. The van der Waals surface area contributed by atoms with Crippen molar-refractivity contribution in [1.29, 1.82) is 0 Å². The second kappa shape index (κ2) is 10.6. The van der Waals surface area contributed by atoms with Crippen molar-refractivity contribution in [3.63, 3.8) is 0 Å². The average Bonchev–Trinajstić information content (AvgIpc) is 3.12. The maximum absolute atomic E-state index is 13.3. The van der Waals surface area contributed by atoms with Crippen molar-refractivity contribution in [2.24, 2.45) is 0 Å². The molecule has 1 atom stereocenters. The molecule has 1 amide bonds. The number of aryl methyl sites for hydroxylation is 1. The monoisotopic (exact) mass is 525 g/mol. The van der Waals surface area contributed by atoms with Gasteiger partial charge < -0.3 is 19.8 Å². The molecule has 3 aromatic rings. The topological polar surface area (TPSA) is 87.1 Å². The number of rotatable bonds is 7. The predicted molar refractivity (Wildman–Crippen MR) is 134 cm³/mol. The van der Waals surface area contributed by atoms with Crippen LogP contribution in [0.25, 0.3) is 5.76 Å². The van der Waals surface area contributed by atoms with E-state index >= 15 is 0 Å². The first kappa shape index (κ1) is 26.8. The zero-order chi connectivity index (χ0) is 27.6. The Hall–Kier alpha value is -4.27. The second-order valence-electron chi connectivity index (χ2n) is 9.05. The lowest BCUT2D eigenvalue weighted by molar-refractivity contribution is -0.140. The van der Waals surface area contributed by atoms with Gasteiger partial charge in [0.15, 0.2) is 0 Å². The molecule has 1 saturated heterocycles. The molecule has 3 aromatic carbocycles. The molecule has 0 radical (unpaired) electrons. The van der Waals surface area contributed by atoms with Crippen LogP contribution in [-0.4, -0.2) is 33.4 Å². The summed E-state index contributed by atoms with van der Waals surface area (Å²) in [7, 11) is 0. The summed E-state index contributed by atoms with van der Waals surface area (Å²) < 4.78 is 45.5. The minimum atomic E-state index is -4.58. The van der Waals surface area contributed by atoms with Crippen molar-refractivity contribution in [3.05, 3.63) is 100 Å². The standard InChI is InChI=1S/C29H26F3NO5/c1-3-13-38-23-12-9-20(14-17(23)2)26(35)24-25(19-7-10-22(34)11-8-19)33(28(37)27(24)36)16-18-5-4-6-21(15-18)29(30,31)32/h4-12,14-15,25,34-35H,3,13,16H2,1-2H3/b26-24+. The van der Waals surface area contributed by atoms with Crippen molar-refractivity contribution in [3.8, 4) is 11.5 Å². The lowest BCUT2D eigenvalue weighted by atomic mass is 9.94. The van der Waals surface area contributed by atoms with Gasteiger partial charge in [0, 0.05) is 12.1 Å². The first-order chi connectivity index (χ1) is 18.0. The minimum absolute atomic E-state index is 0.0538. The molecule has 0 aromatic heterocycles. The Kier molecular flexibility index (Phi) is 7.48. The van der Waals surface area contributed by atoms with Crippen molar-refractivity contribution >= 4 is 17.4 Å². The molecule has 1 aliphatic rings. The van der Waals surface area contributed by atoms with E-state index < -0.39 is 35.2 Å². The third-order valence-electron chi connectivity index (χ3n) is 6.27. The van der Waals surface area contributed by atoms with Crippen LogP contribution < -0.4 is 4.74 Å². The van der Waals surface area contributed by atoms with E-state index in [1.807, 2.05) is 6.92 Å². The number of aliphatic hydroxyl groups is 1. The first-order valence-corrected chi connectivity index (χ1v) is 12.0. The Morgan fingerprint density at radius 2 is 1.74 bits per heavy atom. The molecular formula is C29H26F3NO5. The van der Waals surface area contributed by atoms with Crippen molar-refractivity contribution in [1.82, 2.24) is 4.90 Å². The van der Waals surface area contributed by atoms with E-state index in [4.69, 9.17) is 4.74 Å². The van der Waals surface area contributed by atoms with E-state index in [1.165, 1.54) is 36.4 Å². The molecule has 1 fully saturated rings. The van der Waals surface area contributed by atoms with Crippen LogP contribution in [-0.2, 0) is 22.3 Å². The molecule has 4 rings (SSSR count). The quantitative estimate of drug-likeness (QED) is 0.220. The maximum atomic E-state index is 13.3. The van der Waals surface area contributed by atoms with Gasteiger partial charge in [-0.05, 0) is 72.5 Å². The van der Waals surface area contributed by atoms with E-state index in [-0.39, 0.29) is 29.0 Å². The average molecular weight is 526 g/mol. The van der Waals surface area contributed by atoms with Crippen LogP contribution in [0.4, 0.5) is 13.2 Å². The van der Waals surface area contributed by atoms with Gasteiger partial charge in [-0.15, -0.1) is 0 Å². The lowest BCUT2D eigenvalue weighted by Crippen LogP contribution is -2.29. The highest BCUT2D eigenvalue weighted by atomic mass is 19.4. The molecular weight excluding hydrogens is 499 g/mol. The zero-order valence-electron chi connectivity index (χ0n) is 20.7. The van der Waals surface area contributed by atoms with E-state index in [0.717, 1.165) is 23.5 Å². The molecule has 2 N–H and O–H groups in total. The number of halogens is 3. The van der Waals surface area contributed by atoms with Gasteiger partial charge in [0.05, 0.1) is 23.8 Å². The second-order valence-corrected chi connectivity index (χ2v) is 9.05. The molecule has 1 aliphatic heterocycles. The Bertz CT molecular complexity index is 1400. The van der Waals surface area contributed by atoms with E-state index in [9.17, 15) is 33.0 Å². The summed E-state index contributed by atoms with van der Waals surface area (Å²) in [5.41, 5.74) is 0.478. The number of ketones is 1. The normalized spacial score (nSPS) is 17.2. The lowest BCUT2D eigenvalue weighted by Gasteiger charge is -2.26. The highest BCUT2D eigenvalue weighted by molar-refractivity contribution is 6.46. The molecule has 0 bridgehead atoms. The zero-order valence-corrected chi connectivity index (χ0v) is 20.7. The predicted octanol–water partition coefficient (Wildman–Crippen LogP) is 6.13. The highest BCUT2D eigenvalue weighted by Crippen LogP contribution is 2.41. The minimum Gasteiger partial charge on any atom is -0.508 e. The number of benzene rings is 3. The Labute approximate surface area is 217 Å². The number of ether oxygens (including phenoxy) is 1. The summed E-state index contributed by atoms with van der Waals surface area (Å²) in [6.07, 6.45) is -3.77. The number of aliphatic hydroxyl groups excluding tert-OH is 1. The summed E-state index contributed by atoms with van der Waals surface area (Å²) in [6, 6.07) is 14.0. The maximum Gasteiger partial charge on any atom is 0.416 e. The fraction of sp³-hybridized carbons (Fsp3) is 0.241. The molecule has 6 nitrogen and oxygen atoms in total. The third kappa shape index (κ3) is 5.37. The summed E-state index contributed by atoms with van der Waals surface area (Å²) in [5.74, 6) is -1.78. The number of phenols is 1. The van der Waals surface area contributed by atoms with Crippen molar-refractivity contribution in [2.75, 3.05) is 6.61 Å². The molecule has 0 spiro atoms. The van der Waals surface area contributed by atoms with Crippen LogP contribution in [0.5, 0.6) is 11.5 Å². The van der Waals surface area contributed by atoms with Crippen molar-refractivity contribution in [2.45, 2.75) is 39.0 Å². The molecule has 0 saturated carbocycles. The molecule has 1 unspecified atom stereocenters. The first-order valence-electron chi connectivity index (χ1n) is 12.0. The van der Waals surface area contributed by atoms with Crippen LogP contribution >= 0.6 is 0 Å². The highest BCUT2D eigenvalue weighted by Gasteiger charge is 2.46. The summed E-state index contributed by atoms with van der Waals surface area (Å²) in [4.78, 5) is 27.5. The van der Waals surface area contributed by atoms with Gasteiger partial charge >= 0.3 is 6.18 Å². The molecule has 38 heavy (non-hydrogen) atoms. The fourth-order valence-electron chi connectivity index (χ4n) is 4.42. The van der Waals surface area contributed by atoms with Gasteiger partial charge in [0.2, 0.25) is 0 Å². The number of Topliss-reactive ketones (excluding diaryl/α,β-unsaturated/α-hetero) is 1. The van der Waals surface area contributed by atoms with E-state index in [1.54, 1.807) is 25.1 Å².